The van der Waals surface area contributed by atoms with Crippen LogP contribution < -0.4 is 4.90 Å². The molecule has 130 valence electrons. The van der Waals surface area contributed by atoms with E-state index in [2.05, 4.69) is 63.6 Å². The molecule has 0 unspecified atom stereocenters. The van der Waals surface area contributed by atoms with Gasteiger partial charge in [-0.05, 0) is 23.6 Å². The average molecular weight is 344 g/mol. The predicted octanol–water partition coefficient (Wildman–Crippen LogP) is 2.96. The van der Waals surface area contributed by atoms with Gasteiger partial charge in [0, 0.05) is 25.7 Å². The van der Waals surface area contributed by atoms with E-state index < -0.39 is 0 Å². The number of nitrogens with zero attached hydrogens (tertiary/aromatic N) is 4. The molecule has 1 saturated heterocycles. The molecule has 0 radical (unpaired) electrons. The Morgan fingerprint density at radius 2 is 1.92 bits per heavy atom. The third-order valence-electron chi connectivity index (χ3n) is 5.86. The molecule has 2 atom stereocenters. The monoisotopic (exact) mass is 344 g/mol. The molecule has 3 aliphatic heterocycles. The molecule has 5 heteroatoms. The molecule has 1 amide bonds. The van der Waals surface area contributed by atoms with Crippen LogP contribution in [-0.4, -0.2) is 35.4 Å². The van der Waals surface area contributed by atoms with Crippen LogP contribution in [-0.2, 0) is 16.8 Å². The maximum atomic E-state index is 12.2. The lowest BCUT2D eigenvalue weighted by Gasteiger charge is -2.36. The Kier molecular flexibility index (Phi) is 3.26. The molecule has 1 spiro atoms. The number of hydrogen-bond acceptors (Lipinski definition) is 4. The second kappa shape index (κ2) is 5.53. The third-order valence-corrected chi connectivity index (χ3v) is 5.86. The summed E-state index contributed by atoms with van der Waals surface area (Å²) in [4.78, 5) is 16.4. The van der Waals surface area contributed by atoms with Gasteiger partial charge >= 0.3 is 0 Å². The highest BCUT2D eigenvalue weighted by atomic mass is 16.2. The van der Waals surface area contributed by atoms with E-state index in [1.165, 1.54) is 16.8 Å². The van der Waals surface area contributed by atoms with Gasteiger partial charge in [0.25, 0.3) is 0 Å². The van der Waals surface area contributed by atoms with Crippen molar-refractivity contribution in [2.45, 2.75) is 31.3 Å². The molecular weight excluding hydrogens is 324 g/mol. The van der Waals surface area contributed by atoms with Gasteiger partial charge in [0.15, 0.2) is 0 Å². The standard InChI is InChI=1S/C21H20N4O/c1-15(26)24-12-11-21-17-9-5-6-10-18(17)25(14-16-7-3-2-4-8-16)19(21)13-22-23-20(21)24/h2-10,13,19H,11-12,14H2,1H3/t19-,21-/m0/s1. The number of para-hydroxylation sites is 1. The smallest absolute Gasteiger partial charge is 0.224 e. The molecule has 0 saturated carbocycles. The highest BCUT2D eigenvalue weighted by Gasteiger charge is 2.59. The minimum atomic E-state index is -0.279. The first-order valence-corrected chi connectivity index (χ1v) is 9.01. The summed E-state index contributed by atoms with van der Waals surface area (Å²) in [5, 5.41) is 8.72. The molecule has 5 rings (SSSR count). The van der Waals surface area contributed by atoms with Crippen LogP contribution in [0.2, 0.25) is 0 Å². The summed E-state index contributed by atoms with van der Waals surface area (Å²) in [7, 11) is 0. The number of anilines is 1. The molecule has 0 aromatic heterocycles. The highest BCUT2D eigenvalue weighted by molar-refractivity contribution is 6.11. The SMILES string of the molecule is CC(=O)N1CC[C@@]23C1=NN=C[C@@H]2N(Cc1ccccc1)c1ccccc13. The van der Waals surface area contributed by atoms with Gasteiger partial charge in [-0.2, -0.15) is 5.10 Å². The number of benzene rings is 2. The Balaban J connectivity index is 1.65. The van der Waals surface area contributed by atoms with Crippen LogP contribution in [0.15, 0.2) is 64.8 Å². The number of likely N-dealkylation sites (tertiary alicyclic amines) is 1. The van der Waals surface area contributed by atoms with Gasteiger partial charge in [-0.3, -0.25) is 9.69 Å². The number of amidine groups is 1. The summed E-state index contributed by atoms with van der Waals surface area (Å²) < 4.78 is 0. The Morgan fingerprint density at radius 1 is 1.15 bits per heavy atom. The minimum Gasteiger partial charge on any atom is -0.358 e. The van der Waals surface area contributed by atoms with Gasteiger partial charge in [-0.1, -0.05) is 48.5 Å². The van der Waals surface area contributed by atoms with Crippen LogP contribution in [0.3, 0.4) is 0 Å². The fourth-order valence-electron chi connectivity index (χ4n) is 4.73. The molecule has 0 bridgehead atoms. The molecule has 0 N–H and O–H groups in total. The number of fused-ring (bicyclic) bond motifs is 1. The molecule has 2 aromatic carbocycles. The molecule has 1 fully saturated rings. The summed E-state index contributed by atoms with van der Waals surface area (Å²) in [6.45, 7) is 3.11. The largest absolute Gasteiger partial charge is 0.358 e. The van der Waals surface area contributed by atoms with Crippen LogP contribution >= 0.6 is 0 Å². The summed E-state index contributed by atoms with van der Waals surface area (Å²) >= 11 is 0. The van der Waals surface area contributed by atoms with Crippen molar-refractivity contribution in [1.82, 2.24) is 4.90 Å². The molecule has 0 aliphatic carbocycles. The normalized spacial score (nSPS) is 25.6. The molecule has 3 heterocycles. The molecule has 2 aromatic rings. The predicted molar refractivity (Wildman–Crippen MR) is 102 cm³/mol. The number of rotatable bonds is 2. The van der Waals surface area contributed by atoms with E-state index in [9.17, 15) is 4.79 Å². The van der Waals surface area contributed by atoms with Crippen molar-refractivity contribution >= 4 is 23.6 Å². The van der Waals surface area contributed by atoms with Crippen molar-refractivity contribution < 1.29 is 4.79 Å². The van der Waals surface area contributed by atoms with Gasteiger partial charge in [0.1, 0.15) is 5.84 Å². The quantitative estimate of drug-likeness (QED) is 0.841. The van der Waals surface area contributed by atoms with Crippen molar-refractivity contribution in [3.8, 4) is 0 Å². The summed E-state index contributed by atoms with van der Waals surface area (Å²) in [5.74, 6) is 0.843. The van der Waals surface area contributed by atoms with Crippen LogP contribution in [0.1, 0.15) is 24.5 Å². The van der Waals surface area contributed by atoms with E-state index in [4.69, 9.17) is 0 Å². The highest BCUT2D eigenvalue weighted by Crippen LogP contribution is 2.52. The van der Waals surface area contributed by atoms with E-state index in [1.807, 2.05) is 12.3 Å². The van der Waals surface area contributed by atoms with Gasteiger partial charge in [-0.25, -0.2) is 0 Å². The van der Waals surface area contributed by atoms with E-state index in [0.717, 1.165) is 18.8 Å². The molecule has 5 nitrogen and oxygen atoms in total. The number of carbonyl (C=O) groups is 1. The van der Waals surface area contributed by atoms with Crippen molar-refractivity contribution in [1.29, 1.82) is 0 Å². The molecular formula is C21H20N4O. The lowest BCUT2D eigenvalue weighted by atomic mass is 9.74. The number of amides is 1. The molecule has 26 heavy (non-hydrogen) atoms. The summed E-state index contributed by atoms with van der Waals surface area (Å²) in [6, 6.07) is 19.1. The average Bonchev–Trinajstić information content (AvgIpc) is 3.19. The fourth-order valence-corrected chi connectivity index (χ4v) is 4.73. The van der Waals surface area contributed by atoms with Crippen LogP contribution in [0, 0.1) is 0 Å². The van der Waals surface area contributed by atoms with Crippen molar-refractivity contribution in [3.05, 3.63) is 65.7 Å². The van der Waals surface area contributed by atoms with E-state index in [0.29, 0.717) is 6.54 Å². The van der Waals surface area contributed by atoms with E-state index in [1.54, 1.807) is 11.8 Å². The van der Waals surface area contributed by atoms with Crippen LogP contribution in [0.5, 0.6) is 0 Å². The zero-order valence-corrected chi connectivity index (χ0v) is 14.7. The molecule has 3 aliphatic rings. The third kappa shape index (κ3) is 1.94. The maximum absolute atomic E-state index is 12.2. The first-order valence-electron chi connectivity index (χ1n) is 9.01. The van der Waals surface area contributed by atoms with Crippen molar-refractivity contribution in [3.63, 3.8) is 0 Å². The van der Waals surface area contributed by atoms with E-state index >= 15 is 0 Å². The Bertz CT molecular complexity index is 936. The first kappa shape index (κ1) is 15.3. The van der Waals surface area contributed by atoms with Gasteiger partial charge in [0.2, 0.25) is 5.91 Å². The minimum absolute atomic E-state index is 0.0375. The van der Waals surface area contributed by atoms with Crippen LogP contribution in [0.4, 0.5) is 5.69 Å². The second-order valence-electron chi connectivity index (χ2n) is 7.16. The van der Waals surface area contributed by atoms with Gasteiger partial charge in [-0.15, -0.1) is 5.10 Å². The van der Waals surface area contributed by atoms with Gasteiger partial charge in [0.05, 0.1) is 17.7 Å². The zero-order valence-electron chi connectivity index (χ0n) is 14.7. The van der Waals surface area contributed by atoms with E-state index in [-0.39, 0.29) is 17.4 Å². The topological polar surface area (TPSA) is 48.3 Å². The second-order valence-corrected chi connectivity index (χ2v) is 7.16. The van der Waals surface area contributed by atoms with Crippen LogP contribution in [0.25, 0.3) is 0 Å². The van der Waals surface area contributed by atoms with Crippen molar-refractivity contribution in [2.75, 3.05) is 11.4 Å². The van der Waals surface area contributed by atoms with Gasteiger partial charge < -0.3 is 4.90 Å². The summed E-state index contributed by atoms with van der Waals surface area (Å²) in [5.41, 5.74) is 3.46. The summed E-state index contributed by atoms with van der Waals surface area (Å²) in [6.07, 6.45) is 2.83. The number of carbonyl (C=O) groups excluding carboxylic acids is 1. The Hall–Kier alpha value is -2.95. The lowest BCUT2D eigenvalue weighted by molar-refractivity contribution is -0.124. The Labute approximate surface area is 152 Å². The fraction of sp³-hybridized carbons (Fsp3) is 0.286. The maximum Gasteiger partial charge on any atom is 0.224 e. The Morgan fingerprint density at radius 3 is 2.73 bits per heavy atom. The number of hydrogen-bond donors (Lipinski definition) is 0. The first-order chi connectivity index (χ1) is 12.7. The lowest BCUT2D eigenvalue weighted by Crippen LogP contribution is -2.52. The zero-order chi connectivity index (χ0) is 17.7. The van der Waals surface area contributed by atoms with Crippen molar-refractivity contribution in [2.24, 2.45) is 10.2 Å².